The summed E-state index contributed by atoms with van der Waals surface area (Å²) < 4.78 is 0. The molecule has 2 heteroatoms. The number of nitrogens with two attached hydrogens (primary N) is 1. The second-order valence-electron chi connectivity index (χ2n) is 4.06. The average molecular weight is 191 g/mol. The van der Waals surface area contributed by atoms with Crippen molar-refractivity contribution in [2.45, 2.75) is 27.2 Å². The van der Waals surface area contributed by atoms with E-state index in [4.69, 9.17) is 5.73 Å². The van der Waals surface area contributed by atoms with E-state index in [1.807, 2.05) is 32.9 Å². The fraction of sp³-hybridized carbons (Fsp3) is 0.417. The quantitative estimate of drug-likeness (QED) is 0.589. The third kappa shape index (κ3) is 2.34. The lowest BCUT2D eigenvalue weighted by Crippen LogP contribution is -2.07. The minimum atomic E-state index is 0.140. The highest BCUT2D eigenvalue weighted by molar-refractivity contribution is 6.01. The summed E-state index contributed by atoms with van der Waals surface area (Å²) in [6.07, 6.45) is 0.563. The van der Waals surface area contributed by atoms with Crippen LogP contribution in [-0.4, -0.2) is 5.78 Å². The topological polar surface area (TPSA) is 43.1 Å². The van der Waals surface area contributed by atoms with Gasteiger partial charge < -0.3 is 5.73 Å². The van der Waals surface area contributed by atoms with Gasteiger partial charge in [-0.2, -0.15) is 0 Å². The molecule has 1 aromatic carbocycles. The summed E-state index contributed by atoms with van der Waals surface area (Å²) in [5, 5.41) is 0. The summed E-state index contributed by atoms with van der Waals surface area (Å²) in [5.74, 6) is 0.517. The van der Waals surface area contributed by atoms with E-state index < -0.39 is 0 Å². The number of benzene rings is 1. The van der Waals surface area contributed by atoms with Crippen LogP contribution in [0.3, 0.4) is 0 Å². The molecule has 0 aliphatic heterocycles. The van der Waals surface area contributed by atoms with Crippen LogP contribution in [0, 0.1) is 12.8 Å². The molecule has 0 heterocycles. The van der Waals surface area contributed by atoms with E-state index in [1.54, 1.807) is 6.07 Å². The Kier molecular flexibility index (Phi) is 3.28. The first kappa shape index (κ1) is 10.8. The molecule has 0 spiro atoms. The van der Waals surface area contributed by atoms with Crippen molar-refractivity contribution in [1.29, 1.82) is 0 Å². The predicted molar refractivity (Wildman–Crippen MR) is 59.4 cm³/mol. The van der Waals surface area contributed by atoms with Crippen molar-refractivity contribution in [1.82, 2.24) is 0 Å². The van der Waals surface area contributed by atoms with E-state index in [-0.39, 0.29) is 5.78 Å². The van der Waals surface area contributed by atoms with Crippen LogP contribution in [-0.2, 0) is 0 Å². The van der Waals surface area contributed by atoms with Gasteiger partial charge in [0.2, 0.25) is 0 Å². The van der Waals surface area contributed by atoms with Crippen molar-refractivity contribution in [2.24, 2.45) is 5.92 Å². The number of nitrogen functional groups attached to an aromatic ring is 1. The molecular formula is C12H17NO. The Morgan fingerprint density at radius 3 is 2.64 bits per heavy atom. The van der Waals surface area contributed by atoms with Gasteiger partial charge in [-0.15, -0.1) is 0 Å². The SMILES string of the molecule is Cc1cccc(C(=O)CC(C)C)c1N. The van der Waals surface area contributed by atoms with Crippen LogP contribution in [0.2, 0.25) is 0 Å². The van der Waals surface area contributed by atoms with Crippen LogP contribution >= 0.6 is 0 Å². The van der Waals surface area contributed by atoms with Gasteiger partial charge in [0, 0.05) is 17.7 Å². The molecule has 0 atom stereocenters. The first-order valence-electron chi connectivity index (χ1n) is 4.90. The van der Waals surface area contributed by atoms with Crippen molar-refractivity contribution in [3.63, 3.8) is 0 Å². The average Bonchev–Trinajstić information content (AvgIpc) is 2.08. The third-order valence-corrected chi connectivity index (χ3v) is 2.22. The van der Waals surface area contributed by atoms with Crippen molar-refractivity contribution in [2.75, 3.05) is 5.73 Å². The maximum Gasteiger partial charge on any atom is 0.165 e. The molecule has 0 saturated heterocycles. The lowest BCUT2D eigenvalue weighted by Gasteiger charge is -2.08. The molecule has 0 bridgehead atoms. The number of para-hydroxylation sites is 1. The monoisotopic (exact) mass is 191 g/mol. The van der Waals surface area contributed by atoms with Gasteiger partial charge in [0.1, 0.15) is 0 Å². The van der Waals surface area contributed by atoms with Gasteiger partial charge in [-0.3, -0.25) is 4.79 Å². The van der Waals surface area contributed by atoms with Gasteiger partial charge in [0.25, 0.3) is 0 Å². The number of hydrogen-bond acceptors (Lipinski definition) is 2. The molecule has 0 aromatic heterocycles. The standard InChI is InChI=1S/C12H17NO/c1-8(2)7-11(14)10-6-4-5-9(3)12(10)13/h4-6,8H,7,13H2,1-3H3. The van der Waals surface area contributed by atoms with E-state index in [0.717, 1.165) is 5.56 Å². The lowest BCUT2D eigenvalue weighted by molar-refractivity contribution is 0.0968. The van der Waals surface area contributed by atoms with Crippen molar-refractivity contribution in [3.8, 4) is 0 Å². The maximum absolute atomic E-state index is 11.7. The Balaban J connectivity index is 2.96. The molecule has 0 aliphatic carbocycles. The molecule has 2 nitrogen and oxygen atoms in total. The van der Waals surface area contributed by atoms with E-state index in [2.05, 4.69) is 0 Å². The van der Waals surface area contributed by atoms with Crippen molar-refractivity contribution >= 4 is 11.5 Å². The first-order chi connectivity index (χ1) is 6.52. The van der Waals surface area contributed by atoms with E-state index in [1.165, 1.54) is 0 Å². The summed E-state index contributed by atoms with van der Waals surface area (Å²) in [5.41, 5.74) is 8.10. The zero-order chi connectivity index (χ0) is 10.7. The first-order valence-corrected chi connectivity index (χ1v) is 4.90. The molecule has 0 aliphatic rings. The third-order valence-electron chi connectivity index (χ3n) is 2.22. The zero-order valence-corrected chi connectivity index (χ0v) is 9.00. The fourth-order valence-corrected chi connectivity index (χ4v) is 1.40. The van der Waals surface area contributed by atoms with Gasteiger partial charge in [0.05, 0.1) is 0 Å². The second kappa shape index (κ2) is 4.27. The highest BCUT2D eigenvalue weighted by Gasteiger charge is 2.11. The normalized spacial score (nSPS) is 10.6. The Hall–Kier alpha value is -1.31. The molecule has 0 unspecified atom stereocenters. The van der Waals surface area contributed by atoms with Gasteiger partial charge in [-0.05, 0) is 24.5 Å². The molecule has 1 aromatic rings. The molecule has 76 valence electrons. The number of carbonyl (C=O) groups excluding carboxylic acids is 1. The summed E-state index contributed by atoms with van der Waals surface area (Å²) in [7, 11) is 0. The summed E-state index contributed by atoms with van der Waals surface area (Å²) >= 11 is 0. The van der Waals surface area contributed by atoms with Gasteiger partial charge >= 0.3 is 0 Å². The van der Waals surface area contributed by atoms with E-state index in [0.29, 0.717) is 23.6 Å². The molecular weight excluding hydrogens is 174 g/mol. The van der Waals surface area contributed by atoms with E-state index in [9.17, 15) is 4.79 Å². The molecule has 14 heavy (non-hydrogen) atoms. The summed E-state index contributed by atoms with van der Waals surface area (Å²) in [6, 6.07) is 5.59. The molecule has 2 N–H and O–H groups in total. The van der Waals surface area contributed by atoms with Crippen LogP contribution in [0.4, 0.5) is 5.69 Å². The fourth-order valence-electron chi connectivity index (χ4n) is 1.40. The van der Waals surface area contributed by atoms with Crippen LogP contribution in [0.25, 0.3) is 0 Å². The number of ketones is 1. The largest absolute Gasteiger partial charge is 0.398 e. The lowest BCUT2D eigenvalue weighted by atomic mass is 9.98. The minimum absolute atomic E-state index is 0.140. The van der Waals surface area contributed by atoms with Crippen molar-refractivity contribution < 1.29 is 4.79 Å². The Labute approximate surface area is 85.1 Å². The smallest absolute Gasteiger partial charge is 0.165 e. The van der Waals surface area contributed by atoms with Gasteiger partial charge in [0.15, 0.2) is 5.78 Å². The van der Waals surface area contributed by atoms with Crippen LogP contribution in [0.15, 0.2) is 18.2 Å². The molecule has 0 radical (unpaired) electrons. The zero-order valence-electron chi connectivity index (χ0n) is 9.00. The maximum atomic E-state index is 11.7. The molecule has 0 saturated carbocycles. The Bertz CT molecular complexity index is 342. The van der Waals surface area contributed by atoms with E-state index >= 15 is 0 Å². The van der Waals surface area contributed by atoms with Crippen LogP contribution in [0.5, 0.6) is 0 Å². The minimum Gasteiger partial charge on any atom is -0.398 e. The molecule has 1 rings (SSSR count). The highest BCUT2D eigenvalue weighted by atomic mass is 16.1. The summed E-state index contributed by atoms with van der Waals surface area (Å²) in [4.78, 5) is 11.7. The highest BCUT2D eigenvalue weighted by Crippen LogP contribution is 2.19. The molecule has 0 fully saturated rings. The number of rotatable bonds is 3. The second-order valence-corrected chi connectivity index (χ2v) is 4.06. The number of aryl methyl sites for hydroxylation is 1. The Morgan fingerprint density at radius 1 is 1.43 bits per heavy atom. The number of anilines is 1. The summed E-state index contributed by atoms with van der Waals surface area (Å²) in [6.45, 7) is 5.98. The van der Waals surface area contributed by atoms with Crippen LogP contribution in [0.1, 0.15) is 36.2 Å². The Morgan fingerprint density at radius 2 is 2.07 bits per heavy atom. The molecule has 0 amide bonds. The predicted octanol–water partition coefficient (Wildman–Crippen LogP) is 2.81. The van der Waals surface area contributed by atoms with Gasteiger partial charge in [-0.25, -0.2) is 0 Å². The van der Waals surface area contributed by atoms with Crippen LogP contribution < -0.4 is 5.73 Å². The van der Waals surface area contributed by atoms with Crippen molar-refractivity contribution in [3.05, 3.63) is 29.3 Å². The number of carbonyl (C=O) groups is 1. The number of hydrogen-bond donors (Lipinski definition) is 1. The number of Topliss-reactive ketones (excluding diaryl/α,β-unsaturated/α-hetero) is 1. The van der Waals surface area contributed by atoms with Gasteiger partial charge in [-0.1, -0.05) is 26.0 Å².